The number of allylic oxidation sites excluding steroid dienone is 3. The molecule has 0 aliphatic rings. The summed E-state index contributed by atoms with van der Waals surface area (Å²) < 4.78 is 53.6. The Balaban J connectivity index is 1.53. The largest absolute Gasteiger partial charge is 0.433 e. The molecule has 4 heterocycles. The molecule has 0 fully saturated rings. The molecule has 188 valence electrons. The molecule has 6 nitrogen and oxygen atoms in total. The van der Waals surface area contributed by atoms with E-state index in [-0.39, 0.29) is 17.8 Å². The van der Waals surface area contributed by atoms with Crippen molar-refractivity contribution in [2.24, 2.45) is 4.99 Å². The third kappa shape index (κ3) is 6.03. The van der Waals surface area contributed by atoms with Gasteiger partial charge in [-0.25, -0.2) is 9.37 Å². The lowest BCUT2D eigenvalue weighted by molar-refractivity contribution is -0.141. The first-order valence-corrected chi connectivity index (χ1v) is 11.2. The monoisotopic (exact) mass is 506 g/mol. The molecule has 4 aromatic heterocycles. The Morgan fingerprint density at radius 2 is 1.84 bits per heavy atom. The summed E-state index contributed by atoms with van der Waals surface area (Å²) in [6, 6.07) is 7.02. The van der Waals surface area contributed by atoms with Crippen molar-refractivity contribution in [2.45, 2.75) is 26.6 Å². The summed E-state index contributed by atoms with van der Waals surface area (Å²) in [7, 11) is 0. The van der Waals surface area contributed by atoms with Gasteiger partial charge in [0.05, 0.1) is 5.69 Å². The molecule has 37 heavy (non-hydrogen) atoms. The SMILES string of the molecule is C=C(/C=C(/C)N=CC)c1cc2ccnc(NCc3cnc(-c4ccnc(C(F)(F)F)c4)c(F)c3)c2cn1. The van der Waals surface area contributed by atoms with Crippen LogP contribution in [0.2, 0.25) is 0 Å². The van der Waals surface area contributed by atoms with Crippen LogP contribution < -0.4 is 5.32 Å². The van der Waals surface area contributed by atoms with Gasteiger partial charge in [0.2, 0.25) is 0 Å². The number of nitrogens with zero attached hydrogens (tertiary/aromatic N) is 5. The number of aromatic nitrogens is 4. The van der Waals surface area contributed by atoms with Gasteiger partial charge < -0.3 is 5.32 Å². The van der Waals surface area contributed by atoms with Crippen molar-refractivity contribution < 1.29 is 17.6 Å². The first kappa shape index (κ1) is 25.6. The Morgan fingerprint density at radius 3 is 2.57 bits per heavy atom. The molecule has 0 aliphatic heterocycles. The van der Waals surface area contributed by atoms with Crippen LogP contribution in [0.5, 0.6) is 0 Å². The summed E-state index contributed by atoms with van der Waals surface area (Å²) in [6.45, 7) is 7.96. The van der Waals surface area contributed by atoms with Crippen molar-refractivity contribution in [2.75, 3.05) is 5.32 Å². The van der Waals surface area contributed by atoms with E-state index in [4.69, 9.17) is 0 Å². The fourth-order valence-electron chi connectivity index (χ4n) is 3.66. The second-order valence-electron chi connectivity index (χ2n) is 8.10. The highest BCUT2D eigenvalue weighted by Crippen LogP contribution is 2.31. The highest BCUT2D eigenvalue weighted by Gasteiger charge is 2.32. The van der Waals surface area contributed by atoms with Gasteiger partial charge in [-0.3, -0.25) is 19.9 Å². The fourth-order valence-corrected chi connectivity index (χ4v) is 3.66. The minimum Gasteiger partial charge on any atom is -0.365 e. The van der Waals surface area contributed by atoms with E-state index in [9.17, 15) is 17.6 Å². The molecule has 4 aromatic rings. The van der Waals surface area contributed by atoms with Crippen LogP contribution in [0, 0.1) is 5.82 Å². The van der Waals surface area contributed by atoms with Gasteiger partial charge in [0.1, 0.15) is 23.0 Å². The predicted molar refractivity (Wildman–Crippen MR) is 136 cm³/mol. The number of anilines is 1. The number of nitrogens with one attached hydrogen (secondary N) is 1. The van der Waals surface area contributed by atoms with Gasteiger partial charge in [-0.1, -0.05) is 6.58 Å². The lowest BCUT2D eigenvalue weighted by Crippen LogP contribution is -2.08. The molecule has 4 rings (SSSR count). The van der Waals surface area contributed by atoms with Crippen molar-refractivity contribution in [3.8, 4) is 11.3 Å². The maximum absolute atomic E-state index is 14.8. The van der Waals surface area contributed by atoms with Crippen LogP contribution in [0.1, 0.15) is 30.8 Å². The van der Waals surface area contributed by atoms with E-state index >= 15 is 0 Å². The molecular formula is C27H22F4N6. The maximum Gasteiger partial charge on any atom is 0.433 e. The van der Waals surface area contributed by atoms with Crippen molar-refractivity contribution in [1.82, 2.24) is 19.9 Å². The Bertz CT molecular complexity index is 1530. The van der Waals surface area contributed by atoms with Crippen LogP contribution in [0.3, 0.4) is 0 Å². The molecule has 1 N–H and O–H groups in total. The van der Waals surface area contributed by atoms with Crippen LogP contribution in [-0.4, -0.2) is 26.2 Å². The summed E-state index contributed by atoms with van der Waals surface area (Å²) in [6.07, 6.45) is 4.61. The maximum atomic E-state index is 14.8. The number of aliphatic imine (C=N–C) groups is 1. The van der Waals surface area contributed by atoms with Crippen LogP contribution in [-0.2, 0) is 12.7 Å². The molecule has 0 radical (unpaired) electrons. The normalized spacial score (nSPS) is 12.3. The first-order valence-electron chi connectivity index (χ1n) is 11.2. The number of halogens is 4. The standard InChI is InChI=1S/C27H22F4N6/c1-4-32-17(3)9-16(2)23-11-19-5-8-34-26(21(19)15-35-23)37-14-18-10-22(28)25(36-13-18)20-6-7-33-24(12-20)27(29,30)31/h4-13,15H,2,14H2,1,3H3,(H,34,37)/b17-9-,32-4?. The quantitative estimate of drug-likeness (QED) is 0.168. The van der Waals surface area contributed by atoms with Crippen molar-refractivity contribution >= 4 is 28.4 Å². The minimum atomic E-state index is -4.64. The number of fused-ring (bicyclic) bond motifs is 1. The molecule has 0 unspecified atom stereocenters. The topological polar surface area (TPSA) is 76.0 Å². The van der Waals surface area contributed by atoms with Crippen LogP contribution in [0.25, 0.3) is 27.6 Å². The van der Waals surface area contributed by atoms with Crippen molar-refractivity contribution in [3.05, 3.63) is 96.2 Å². The summed E-state index contributed by atoms with van der Waals surface area (Å²) in [4.78, 5) is 20.4. The molecule has 10 heteroatoms. The zero-order valence-corrected chi connectivity index (χ0v) is 20.0. The molecule has 0 saturated carbocycles. The van der Waals surface area contributed by atoms with E-state index in [0.717, 1.165) is 34.3 Å². The number of rotatable bonds is 7. The molecular weight excluding hydrogens is 484 g/mol. The average molecular weight is 507 g/mol. The Morgan fingerprint density at radius 1 is 1.05 bits per heavy atom. The molecule has 0 atom stereocenters. The second-order valence-corrected chi connectivity index (χ2v) is 8.10. The van der Waals surface area contributed by atoms with Gasteiger partial charge >= 0.3 is 6.18 Å². The zero-order valence-electron chi connectivity index (χ0n) is 20.0. The number of pyridine rings is 4. The molecule has 0 spiro atoms. The number of alkyl halides is 3. The van der Waals surface area contributed by atoms with Crippen molar-refractivity contribution in [1.29, 1.82) is 0 Å². The summed E-state index contributed by atoms with van der Waals surface area (Å²) in [5.74, 6) is -0.206. The van der Waals surface area contributed by atoms with Gasteiger partial charge in [-0.15, -0.1) is 0 Å². The van der Waals surface area contributed by atoms with Crippen LogP contribution in [0.4, 0.5) is 23.4 Å². The highest BCUT2D eigenvalue weighted by atomic mass is 19.4. The van der Waals surface area contributed by atoms with Gasteiger partial charge in [-0.2, -0.15) is 13.2 Å². The fraction of sp³-hybridized carbons (Fsp3) is 0.148. The van der Waals surface area contributed by atoms with E-state index in [1.807, 2.05) is 32.1 Å². The number of hydrogen-bond acceptors (Lipinski definition) is 6. The lowest BCUT2D eigenvalue weighted by Gasteiger charge is -2.11. The molecule has 0 aliphatic carbocycles. The second kappa shape index (κ2) is 10.7. The third-order valence-corrected chi connectivity index (χ3v) is 5.38. The van der Waals surface area contributed by atoms with Crippen LogP contribution in [0.15, 0.2) is 78.5 Å². The molecule has 0 saturated heterocycles. The summed E-state index contributed by atoms with van der Waals surface area (Å²) >= 11 is 0. The van der Waals surface area contributed by atoms with Gasteiger partial charge in [0.15, 0.2) is 0 Å². The highest BCUT2D eigenvalue weighted by molar-refractivity contribution is 5.93. The lowest BCUT2D eigenvalue weighted by atomic mass is 10.1. The Labute approximate surface area is 210 Å². The Hall–Kier alpha value is -4.47. The Kier molecular flexibility index (Phi) is 7.37. The van der Waals surface area contributed by atoms with Gasteiger partial charge in [0.25, 0.3) is 0 Å². The smallest absolute Gasteiger partial charge is 0.365 e. The summed E-state index contributed by atoms with van der Waals surface area (Å²) in [5.41, 5.74) is 1.40. The molecule has 0 bridgehead atoms. The van der Waals surface area contributed by atoms with Crippen molar-refractivity contribution in [3.63, 3.8) is 0 Å². The zero-order chi connectivity index (χ0) is 26.6. The molecule has 0 amide bonds. The van der Waals surface area contributed by atoms with E-state index < -0.39 is 17.7 Å². The third-order valence-electron chi connectivity index (χ3n) is 5.38. The van der Waals surface area contributed by atoms with E-state index in [0.29, 0.717) is 17.1 Å². The minimum absolute atomic E-state index is 0.00921. The predicted octanol–water partition coefficient (Wildman–Crippen LogP) is 6.86. The van der Waals surface area contributed by atoms with Gasteiger partial charge in [0, 0.05) is 54.2 Å². The van der Waals surface area contributed by atoms with Gasteiger partial charge in [-0.05, 0) is 66.8 Å². The molecule has 0 aromatic carbocycles. The average Bonchev–Trinajstić information content (AvgIpc) is 2.86. The van der Waals surface area contributed by atoms with E-state index in [2.05, 4.69) is 36.8 Å². The summed E-state index contributed by atoms with van der Waals surface area (Å²) in [5, 5.41) is 4.79. The number of hydrogen-bond donors (Lipinski definition) is 1. The van der Waals surface area contributed by atoms with Crippen LogP contribution >= 0.6 is 0 Å². The first-order chi connectivity index (χ1) is 17.7. The van der Waals surface area contributed by atoms with E-state index in [1.165, 1.54) is 18.3 Å². The van der Waals surface area contributed by atoms with E-state index in [1.54, 1.807) is 18.6 Å².